The number of esters is 1. The van der Waals surface area contributed by atoms with Crippen molar-refractivity contribution < 1.29 is 32.8 Å². The molecule has 29 heavy (non-hydrogen) atoms. The summed E-state index contributed by atoms with van der Waals surface area (Å²) in [4.78, 5) is 23.0. The number of nitro groups is 1. The first-order valence-corrected chi connectivity index (χ1v) is 8.22. The van der Waals surface area contributed by atoms with Gasteiger partial charge in [0.1, 0.15) is 23.7 Å². The van der Waals surface area contributed by atoms with Gasteiger partial charge in [0, 0.05) is 17.7 Å². The highest BCUT2D eigenvalue weighted by molar-refractivity contribution is 5.95. The lowest BCUT2D eigenvalue weighted by Crippen LogP contribution is -2.09. The van der Waals surface area contributed by atoms with E-state index >= 15 is 0 Å². The van der Waals surface area contributed by atoms with Crippen LogP contribution in [0.3, 0.4) is 0 Å². The first-order chi connectivity index (χ1) is 13.9. The van der Waals surface area contributed by atoms with Crippen molar-refractivity contribution in [2.75, 3.05) is 14.2 Å². The summed E-state index contributed by atoms with van der Waals surface area (Å²) >= 11 is 0. The Hall–Kier alpha value is -3.95. The fourth-order valence-electron chi connectivity index (χ4n) is 2.53. The molecule has 3 rings (SSSR count). The number of carbonyl (C=O) groups excluding carboxylic acids is 1. The fraction of sp³-hybridized carbons (Fsp3) is 0.158. The maximum Gasteiger partial charge on any atom is 0.345 e. The molecule has 1 heterocycles. The third-order valence-corrected chi connectivity index (χ3v) is 3.96. The summed E-state index contributed by atoms with van der Waals surface area (Å²) in [5.41, 5.74) is 0.0857. The van der Waals surface area contributed by atoms with Crippen molar-refractivity contribution in [3.05, 3.63) is 69.7 Å². The van der Waals surface area contributed by atoms with Gasteiger partial charge in [0.2, 0.25) is 0 Å². The number of hydrogen-bond acceptors (Lipinski definition) is 8. The summed E-state index contributed by atoms with van der Waals surface area (Å²) in [5.74, 6) is -0.725. The standard InChI is InChI=1S/C19H15FN2O7/c1-26-17-8-14(15(22(24)25)9-18(17)27-2)19(23)28-10-13-7-16(29-21-13)11-3-5-12(20)6-4-11/h3-9H,10H2,1-2H3. The van der Waals surface area contributed by atoms with Crippen LogP contribution in [-0.2, 0) is 11.3 Å². The second-order valence-corrected chi connectivity index (χ2v) is 5.75. The Morgan fingerprint density at radius 1 is 1.14 bits per heavy atom. The quantitative estimate of drug-likeness (QED) is 0.333. The average molecular weight is 402 g/mol. The fourth-order valence-corrected chi connectivity index (χ4v) is 2.53. The molecule has 0 aliphatic carbocycles. The number of carbonyl (C=O) groups is 1. The predicted molar refractivity (Wildman–Crippen MR) is 97.2 cm³/mol. The van der Waals surface area contributed by atoms with Crippen LogP contribution in [0.15, 0.2) is 47.0 Å². The second kappa shape index (κ2) is 8.38. The van der Waals surface area contributed by atoms with E-state index in [2.05, 4.69) is 5.16 Å². The number of methoxy groups -OCH3 is 2. The Bertz CT molecular complexity index is 1050. The zero-order valence-corrected chi connectivity index (χ0v) is 15.4. The minimum absolute atomic E-state index is 0.108. The highest BCUT2D eigenvalue weighted by Crippen LogP contribution is 2.35. The monoisotopic (exact) mass is 402 g/mol. The van der Waals surface area contributed by atoms with Gasteiger partial charge in [0.25, 0.3) is 5.69 Å². The van der Waals surface area contributed by atoms with E-state index in [-0.39, 0.29) is 35.2 Å². The lowest BCUT2D eigenvalue weighted by Gasteiger charge is -2.10. The summed E-state index contributed by atoms with van der Waals surface area (Å²) < 4.78 is 33.4. The lowest BCUT2D eigenvalue weighted by atomic mass is 10.1. The third kappa shape index (κ3) is 4.32. The van der Waals surface area contributed by atoms with Gasteiger partial charge in [-0.15, -0.1) is 0 Å². The Morgan fingerprint density at radius 3 is 2.41 bits per heavy atom. The SMILES string of the molecule is COc1cc(C(=O)OCc2cc(-c3ccc(F)cc3)on2)c([N+](=O)[O-])cc1OC. The van der Waals surface area contributed by atoms with Crippen LogP contribution in [0.4, 0.5) is 10.1 Å². The minimum atomic E-state index is -0.941. The van der Waals surface area contributed by atoms with E-state index in [9.17, 15) is 19.3 Å². The number of benzene rings is 2. The van der Waals surface area contributed by atoms with Crippen molar-refractivity contribution in [1.82, 2.24) is 5.16 Å². The topological polar surface area (TPSA) is 114 Å². The van der Waals surface area contributed by atoms with Crippen molar-refractivity contribution in [1.29, 1.82) is 0 Å². The lowest BCUT2D eigenvalue weighted by molar-refractivity contribution is -0.385. The first-order valence-electron chi connectivity index (χ1n) is 8.22. The van der Waals surface area contributed by atoms with E-state index in [0.717, 1.165) is 6.07 Å². The molecule has 0 unspecified atom stereocenters. The molecule has 150 valence electrons. The highest BCUT2D eigenvalue weighted by atomic mass is 19.1. The maximum atomic E-state index is 13.0. The molecule has 0 aliphatic rings. The number of nitrogens with zero attached hydrogens (tertiary/aromatic N) is 2. The Labute approximate surface area is 163 Å². The van der Waals surface area contributed by atoms with Crippen LogP contribution in [0, 0.1) is 15.9 Å². The molecule has 3 aromatic rings. The van der Waals surface area contributed by atoms with E-state index in [1.165, 1.54) is 50.6 Å². The number of halogens is 1. The molecule has 0 saturated heterocycles. The molecule has 0 spiro atoms. The molecule has 2 aromatic carbocycles. The molecular weight excluding hydrogens is 387 g/mol. The summed E-state index contributed by atoms with van der Waals surface area (Å²) in [6, 6.07) is 9.34. The molecule has 9 nitrogen and oxygen atoms in total. The molecule has 0 aliphatic heterocycles. The molecule has 0 saturated carbocycles. The van der Waals surface area contributed by atoms with Crippen molar-refractivity contribution >= 4 is 11.7 Å². The van der Waals surface area contributed by atoms with Crippen LogP contribution >= 0.6 is 0 Å². The van der Waals surface area contributed by atoms with Crippen LogP contribution in [0.5, 0.6) is 11.5 Å². The van der Waals surface area contributed by atoms with Gasteiger partial charge in [-0.3, -0.25) is 10.1 Å². The summed E-state index contributed by atoms with van der Waals surface area (Å²) in [5, 5.41) is 15.1. The van der Waals surface area contributed by atoms with Gasteiger partial charge >= 0.3 is 5.97 Å². The van der Waals surface area contributed by atoms with Crippen LogP contribution < -0.4 is 9.47 Å². The van der Waals surface area contributed by atoms with Gasteiger partial charge in [-0.25, -0.2) is 9.18 Å². The van der Waals surface area contributed by atoms with Crippen LogP contribution in [-0.4, -0.2) is 30.3 Å². The number of ether oxygens (including phenoxy) is 3. The molecule has 1 aromatic heterocycles. The first kappa shape index (κ1) is 19.8. The van der Waals surface area contributed by atoms with E-state index in [0.29, 0.717) is 11.3 Å². The van der Waals surface area contributed by atoms with Gasteiger partial charge in [-0.1, -0.05) is 5.16 Å². The molecule has 0 fully saturated rings. The Morgan fingerprint density at radius 2 is 1.79 bits per heavy atom. The van der Waals surface area contributed by atoms with Gasteiger partial charge in [0.15, 0.2) is 17.3 Å². The van der Waals surface area contributed by atoms with Gasteiger partial charge in [-0.05, 0) is 24.3 Å². The number of rotatable bonds is 7. The molecule has 0 atom stereocenters. The zero-order chi connectivity index (χ0) is 21.0. The molecule has 0 bridgehead atoms. The highest BCUT2D eigenvalue weighted by Gasteiger charge is 2.26. The summed E-state index contributed by atoms with van der Waals surface area (Å²) in [6.45, 7) is -0.283. The minimum Gasteiger partial charge on any atom is -0.493 e. The van der Waals surface area contributed by atoms with Crippen molar-refractivity contribution in [3.63, 3.8) is 0 Å². The summed E-state index contributed by atoms with van der Waals surface area (Å²) in [7, 11) is 2.66. The van der Waals surface area contributed by atoms with Crippen molar-refractivity contribution in [2.24, 2.45) is 0 Å². The molecular formula is C19H15FN2O7. The number of hydrogen-bond donors (Lipinski definition) is 0. The van der Waals surface area contributed by atoms with Crippen LogP contribution in [0.2, 0.25) is 0 Å². The largest absolute Gasteiger partial charge is 0.493 e. The zero-order valence-electron chi connectivity index (χ0n) is 15.4. The Kier molecular flexibility index (Phi) is 5.72. The van der Waals surface area contributed by atoms with E-state index in [1.54, 1.807) is 0 Å². The molecule has 10 heteroatoms. The van der Waals surface area contributed by atoms with Gasteiger partial charge < -0.3 is 18.7 Å². The smallest absolute Gasteiger partial charge is 0.345 e. The van der Waals surface area contributed by atoms with Gasteiger partial charge in [-0.2, -0.15) is 0 Å². The van der Waals surface area contributed by atoms with E-state index < -0.39 is 16.6 Å². The number of nitro benzene ring substituents is 1. The molecule has 0 N–H and O–H groups in total. The van der Waals surface area contributed by atoms with Crippen molar-refractivity contribution in [3.8, 4) is 22.8 Å². The van der Waals surface area contributed by atoms with Crippen LogP contribution in [0.1, 0.15) is 16.1 Å². The Balaban J connectivity index is 1.77. The molecule has 0 amide bonds. The van der Waals surface area contributed by atoms with Crippen molar-refractivity contribution in [2.45, 2.75) is 6.61 Å². The van der Waals surface area contributed by atoms with E-state index in [1.807, 2.05) is 0 Å². The van der Waals surface area contributed by atoms with Crippen LogP contribution in [0.25, 0.3) is 11.3 Å². The maximum absolute atomic E-state index is 13.0. The summed E-state index contributed by atoms with van der Waals surface area (Å²) in [6.07, 6.45) is 0. The number of aromatic nitrogens is 1. The molecule has 0 radical (unpaired) electrons. The van der Waals surface area contributed by atoms with E-state index in [4.69, 9.17) is 18.7 Å². The van der Waals surface area contributed by atoms with Gasteiger partial charge in [0.05, 0.1) is 25.2 Å². The predicted octanol–water partition coefficient (Wildman–Crippen LogP) is 3.76. The third-order valence-electron chi connectivity index (χ3n) is 3.96. The second-order valence-electron chi connectivity index (χ2n) is 5.75. The normalized spacial score (nSPS) is 10.4. The average Bonchev–Trinajstić information content (AvgIpc) is 3.20.